The van der Waals surface area contributed by atoms with Gasteiger partial charge >= 0.3 is 0 Å². The van der Waals surface area contributed by atoms with Gasteiger partial charge in [0.25, 0.3) is 11.8 Å². The Morgan fingerprint density at radius 1 is 0.795 bits per heavy atom. The first kappa shape index (κ1) is 28.3. The second-order valence-corrected chi connectivity index (χ2v) is 9.91. The van der Waals surface area contributed by atoms with Gasteiger partial charge in [-0.05, 0) is 79.6 Å². The van der Waals surface area contributed by atoms with Crippen molar-refractivity contribution in [3.63, 3.8) is 0 Å². The minimum absolute atomic E-state index is 0.0152. The molecule has 0 aliphatic carbocycles. The molecule has 39 heavy (non-hydrogen) atoms. The van der Waals surface area contributed by atoms with E-state index in [1.165, 1.54) is 0 Å². The van der Waals surface area contributed by atoms with Crippen molar-refractivity contribution in [1.82, 2.24) is 4.90 Å². The summed E-state index contributed by atoms with van der Waals surface area (Å²) in [6, 6.07) is 20.0. The Hall–Kier alpha value is -3.71. The van der Waals surface area contributed by atoms with E-state index >= 15 is 0 Å². The minimum Gasteiger partial charge on any atom is -0.494 e. The molecule has 1 heterocycles. The summed E-state index contributed by atoms with van der Waals surface area (Å²) in [7, 11) is 0. The van der Waals surface area contributed by atoms with Crippen LogP contribution >= 0.6 is 11.6 Å². The molecule has 0 atom stereocenters. The second-order valence-electron chi connectivity index (χ2n) is 9.50. The summed E-state index contributed by atoms with van der Waals surface area (Å²) < 4.78 is 11.3. The van der Waals surface area contributed by atoms with Gasteiger partial charge in [0.2, 0.25) is 0 Å². The van der Waals surface area contributed by atoms with Crippen LogP contribution < -0.4 is 19.7 Å². The molecule has 4 rings (SSSR count). The predicted octanol–water partition coefficient (Wildman–Crippen LogP) is 6.52. The van der Waals surface area contributed by atoms with Gasteiger partial charge in [0, 0.05) is 43.0 Å². The third kappa shape index (κ3) is 7.67. The number of unbranched alkanes of at least 4 members (excludes halogenated alkanes) is 1. The van der Waals surface area contributed by atoms with E-state index in [1.54, 1.807) is 18.2 Å². The molecule has 2 amide bonds. The van der Waals surface area contributed by atoms with Crippen molar-refractivity contribution in [2.75, 3.05) is 49.6 Å². The lowest BCUT2D eigenvalue weighted by Crippen LogP contribution is -2.48. The zero-order valence-electron chi connectivity index (χ0n) is 22.6. The smallest absolute Gasteiger partial charge is 0.255 e. The topological polar surface area (TPSA) is 71.1 Å². The maximum atomic E-state index is 13.0. The van der Waals surface area contributed by atoms with Crippen LogP contribution in [0.15, 0.2) is 66.7 Å². The number of hydrogen-bond acceptors (Lipinski definition) is 5. The number of anilines is 2. The standard InChI is InChI=1S/C31H36ClN3O4/c1-3-5-21-39-27-11-6-23(7-12-27)30(36)33-25-10-15-29(28(32)22-25)34-16-18-35(19-17-34)31(37)24-8-13-26(14-9-24)38-20-4-2/h6-15,22H,3-5,16-21H2,1-2H3,(H,33,36). The Balaban J connectivity index is 1.29. The first-order chi connectivity index (χ1) is 19.0. The second kappa shape index (κ2) is 13.9. The minimum atomic E-state index is -0.212. The van der Waals surface area contributed by atoms with E-state index in [4.69, 9.17) is 21.1 Å². The average Bonchev–Trinajstić information content (AvgIpc) is 2.97. The summed E-state index contributed by atoms with van der Waals surface area (Å²) in [5.74, 6) is 1.33. The van der Waals surface area contributed by atoms with E-state index in [0.717, 1.165) is 36.4 Å². The highest BCUT2D eigenvalue weighted by molar-refractivity contribution is 6.33. The van der Waals surface area contributed by atoms with Crippen LogP contribution in [-0.2, 0) is 0 Å². The van der Waals surface area contributed by atoms with Crippen LogP contribution in [0.1, 0.15) is 53.8 Å². The van der Waals surface area contributed by atoms with Gasteiger partial charge in [-0.15, -0.1) is 0 Å². The molecule has 1 saturated heterocycles. The molecule has 206 valence electrons. The number of piperazine rings is 1. The van der Waals surface area contributed by atoms with E-state index in [2.05, 4.69) is 24.1 Å². The van der Waals surface area contributed by atoms with Gasteiger partial charge in [-0.1, -0.05) is 31.9 Å². The molecule has 3 aromatic carbocycles. The number of ether oxygens (including phenoxy) is 2. The molecular formula is C31H36ClN3O4. The van der Waals surface area contributed by atoms with Crippen LogP contribution in [0.2, 0.25) is 5.02 Å². The predicted molar refractivity (Wildman–Crippen MR) is 157 cm³/mol. The number of nitrogens with one attached hydrogen (secondary N) is 1. The van der Waals surface area contributed by atoms with Gasteiger partial charge < -0.3 is 24.6 Å². The van der Waals surface area contributed by atoms with Gasteiger partial charge in [-0.3, -0.25) is 9.59 Å². The zero-order chi connectivity index (χ0) is 27.6. The molecule has 1 aliphatic heterocycles. The van der Waals surface area contributed by atoms with Gasteiger partial charge in [0.05, 0.1) is 23.9 Å². The molecule has 0 unspecified atom stereocenters. The van der Waals surface area contributed by atoms with Crippen molar-refractivity contribution in [2.24, 2.45) is 0 Å². The third-order valence-corrected chi connectivity index (χ3v) is 6.87. The molecular weight excluding hydrogens is 514 g/mol. The normalized spacial score (nSPS) is 13.2. The Labute approximate surface area is 235 Å². The Kier molecular flexibility index (Phi) is 10.1. The first-order valence-electron chi connectivity index (χ1n) is 13.6. The molecule has 3 aromatic rings. The molecule has 0 spiro atoms. The van der Waals surface area contributed by atoms with Crippen LogP contribution in [0.4, 0.5) is 11.4 Å². The lowest BCUT2D eigenvalue weighted by atomic mass is 10.1. The molecule has 1 fully saturated rings. The van der Waals surface area contributed by atoms with Crippen LogP contribution in [0.25, 0.3) is 0 Å². The largest absolute Gasteiger partial charge is 0.494 e. The zero-order valence-corrected chi connectivity index (χ0v) is 23.4. The van der Waals surface area contributed by atoms with E-state index in [9.17, 15) is 9.59 Å². The summed E-state index contributed by atoms with van der Waals surface area (Å²) in [5.41, 5.74) is 2.70. The Morgan fingerprint density at radius 2 is 1.41 bits per heavy atom. The van der Waals surface area contributed by atoms with Gasteiger partial charge in [-0.25, -0.2) is 0 Å². The maximum Gasteiger partial charge on any atom is 0.255 e. The Bertz CT molecular complexity index is 1240. The van der Waals surface area contributed by atoms with Crippen molar-refractivity contribution >= 4 is 34.8 Å². The number of nitrogens with zero attached hydrogens (tertiary/aromatic N) is 2. The SMILES string of the molecule is CCCCOc1ccc(C(=O)Nc2ccc(N3CCN(C(=O)c4ccc(OCCC)cc4)CC3)c(Cl)c2)cc1. The van der Waals surface area contributed by atoms with Crippen LogP contribution in [-0.4, -0.2) is 56.1 Å². The van der Waals surface area contributed by atoms with Gasteiger partial charge in [0.15, 0.2) is 0 Å². The average molecular weight is 550 g/mol. The maximum absolute atomic E-state index is 13.0. The number of carbonyl (C=O) groups is 2. The summed E-state index contributed by atoms with van der Waals surface area (Å²) in [6.45, 7) is 8.03. The summed E-state index contributed by atoms with van der Waals surface area (Å²) in [5, 5.41) is 3.46. The number of rotatable bonds is 11. The van der Waals surface area contributed by atoms with E-state index in [0.29, 0.717) is 61.2 Å². The van der Waals surface area contributed by atoms with Crippen molar-refractivity contribution < 1.29 is 19.1 Å². The van der Waals surface area contributed by atoms with E-state index < -0.39 is 0 Å². The highest BCUT2D eigenvalue weighted by Crippen LogP contribution is 2.30. The Morgan fingerprint density at radius 3 is 2.00 bits per heavy atom. The summed E-state index contributed by atoms with van der Waals surface area (Å²) in [6.07, 6.45) is 3.01. The number of amides is 2. The molecule has 0 saturated carbocycles. The fraction of sp³-hybridized carbons (Fsp3) is 0.355. The van der Waals surface area contributed by atoms with Crippen molar-refractivity contribution in [3.8, 4) is 11.5 Å². The molecule has 7 nitrogen and oxygen atoms in total. The molecule has 0 aromatic heterocycles. The highest BCUT2D eigenvalue weighted by Gasteiger charge is 2.23. The van der Waals surface area contributed by atoms with E-state index in [-0.39, 0.29) is 11.8 Å². The monoisotopic (exact) mass is 549 g/mol. The van der Waals surface area contributed by atoms with Gasteiger partial charge in [-0.2, -0.15) is 0 Å². The number of halogens is 1. The fourth-order valence-corrected chi connectivity index (χ4v) is 4.63. The number of benzene rings is 3. The van der Waals surface area contributed by atoms with Crippen LogP contribution in [0, 0.1) is 0 Å². The molecule has 0 bridgehead atoms. The van der Waals surface area contributed by atoms with Gasteiger partial charge in [0.1, 0.15) is 11.5 Å². The van der Waals surface area contributed by atoms with Crippen LogP contribution in [0.5, 0.6) is 11.5 Å². The number of carbonyl (C=O) groups excluding carboxylic acids is 2. The molecule has 8 heteroatoms. The van der Waals surface area contributed by atoms with E-state index in [1.807, 2.05) is 53.4 Å². The lowest BCUT2D eigenvalue weighted by molar-refractivity contribution is 0.0746. The molecule has 1 aliphatic rings. The lowest BCUT2D eigenvalue weighted by Gasteiger charge is -2.36. The quantitative estimate of drug-likeness (QED) is 0.276. The van der Waals surface area contributed by atoms with Crippen LogP contribution in [0.3, 0.4) is 0 Å². The fourth-order valence-electron chi connectivity index (χ4n) is 4.33. The van der Waals surface area contributed by atoms with Crippen molar-refractivity contribution in [3.05, 3.63) is 82.9 Å². The highest BCUT2D eigenvalue weighted by atomic mass is 35.5. The van der Waals surface area contributed by atoms with Crippen molar-refractivity contribution in [2.45, 2.75) is 33.1 Å². The summed E-state index contributed by atoms with van der Waals surface area (Å²) >= 11 is 6.62. The molecule has 0 radical (unpaired) electrons. The number of hydrogen-bond donors (Lipinski definition) is 1. The summed E-state index contributed by atoms with van der Waals surface area (Å²) in [4.78, 5) is 29.7. The molecule has 1 N–H and O–H groups in total. The van der Waals surface area contributed by atoms with Crippen molar-refractivity contribution in [1.29, 1.82) is 0 Å². The third-order valence-electron chi connectivity index (χ3n) is 6.57. The first-order valence-corrected chi connectivity index (χ1v) is 14.0.